The number of hydrogen-bond donors (Lipinski definition) is 1. The molecule has 1 aliphatic carbocycles. The van der Waals surface area contributed by atoms with Crippen LogP contribution in [0.15, 0.2) is 52.9 Å². The highest BCUT2D eigenvalue weighted by molar-refractivity contribution is 7.99. The smallest absolute Gasteiger partial charge is 0.262 e. The normalized spacial score (nSPS) is 12.9. The molecular formula is C20H19N3O2S2. The van der Waals surface area contributed by atoms with E-state index >= 15 is 0 Å². The molecule has 1 aliphatic rings. The van der Waals surface area contributed by atoms with E-state index in [1.54, 1.807) is 23.1 Å². The Morgan fingerprint density at radius 3 is 3.07 bits per heavy atom. The van der Waals surface area contributed by atoms with Gasteiger partial charge >= 0.3 is 0 Å². The number of thioether (sulfide) groups is 1. The van der Waals surface area contributed by atoms with Gasteiger partial charge in [-0.2, -0.15) is 0 Å². The number of anilines is 1. The number of carbonyl (C=O) groups excluding carboxylic acids is 1. The number of rotatable bonds is 6. The van der Waals surface area contributed by atoms with Crippen molar-refractivity contribution in [2.45, 2.75) is 30.7 Å². The topological polar surface area (TPSA) is 64.0 Å². The molecule has 0 fully saturated rings. The number of carbonyl (C=O) groups is 1. The Hall–Kier alpha value is -2.38. The number of nitrogens with one attached hydrogen (secondary N) is 1. The predicted octanol–water partition coefficient (Wildman–Crippen LogP) is 3.86. The average molecular weight is 398 g/mol. The molecule has 1 amide bonds. The first-order chi connectivity index (χ1) is 13.2. The van der Waals surface area contributed by atoms with Crippen LogP contribution in [0.5, 0.6) is 0 Å². The Balaban J connectivity index is 1.56. The van der Waals surface area contributed by atoms with E-state index in [0.717, 1.165) is 46.0 Å². The Morgan fingerprint density at radius 1 is 1.37 bits per heavy atom. The van der Waals surface area contributed by atoms with Crippen molar-refractivity contribution in [2.24, 2.45) is 0 Å². The zero-order chi connectivity index (χ0) is 18.8. The molecule has 5 nitrogen and oxygen atoms in total. The van der Waals surface area contributed by atoms with Crippen molar-refractivity contribution >= 4 is 44.9 Å². The molecule has 2 aromatic heterocycles. The van der Waals surface area contributed by atoms with Crippen LogP contribution in [-0.4, -0.2) is 21.2 Å². The van der Waals surface area contributed by atoms with Gasteiger partial charge in [-0.15, -0.1) is 29.7 Å². The predicted molar refractivity (Wildman–Crippen MR) is 112 cm³/mol. The van der Waals surface area contributed by atoms with E-state index < -0.39 is 0 Å². The lowest BCUT2D eigenvalue weighted by molar-refractivity contribution is -0.116. The lowest BCUT2D eigenvalue weighted by Crippen LogP contribution is -2.28. The molecule has 138 valence electrons. The van der Waals surface area contributed by atoms with Gasteiger partial charge < -0.3 is 5.32 Å². The van der Waals surface area contributed by atoms with Crippen LogP contribution in [0.3, 0.4) is 0 Å². The second-order valence-electron chi connectivity index (χ2n) is 6.36. The van der Waals surface area contributed by atoms with Gasteiger partial charge in [-0.25, -0.2) is 4.98 Å². The highest BCUT2D eigenvalue weighted by Crippen LogP contribution is 2.34. The van der Waals surface area contributed by atoms with Gasteiger partial charge in [0.25, 0.3) is 5.56 Å². The van der Waals surface area contributed by atoms with Crippen LogP contribution in [0.1, 0.15) is 16.9 Å². The van der Waals surface area contributed by atoms with Gasteiger partial charge in [-0.1, -0.05) is 18.2 Å². The summed E-state index contributed by atoms with van der Waals surface area (Å²) in [6.45, 7) is 3.68. The number of aromatic nitrogens is 2. The number of thiophene rings is 1. The van der Waals surface area contributed by atoms with Crippen LogP contribution in [0.25, 0.3) is 10.2 Å². The van der Waals surface area contributed by atoms with Crippen LogP contribution in [0.4, 0.5) is 5.69 Å². The van der Waals surface area contributed by atoms with Crippen molar-refractivity contribution in [3.8, 4) is 0 Å². The third-order valence-corrected chi connectivity index (χ3v) is 6.79. The van der Waals surface area contributed by atoms with E-state index in [2.05, 4.69) is 16.9 Å². The largest absolute Gasteiger partial charge is 0.324 e. The first-order valence-corrected chi connectivity index (χ1v) is 10.6. The fourth-order valence-corrected chi connectivity index (χ4v) is 5.29. The molecule has 0 aliphatic heterocycles. The van der Waals surface area contributed by atoms with Crippen molar-refractivity contribution in [1.29, 1.82) is 0 Å². The van der Waals surface area contributed by atoms with Gasteiger partial charge in [0, 0.05) is 15.5 Å². The SMILES string of the molecule is C=CCSc1ccccc1NC(=O)Cn1cnc2sc3c(c2c1=O)CCC3. The third-order valence-electron chi connectivity index (χ3n) is 4.52. The summed E-state index contributed by atoms with van der Waals surface area (Å²) in [5.74, 6) is 0.521. The minimum atomic E-state index is -0.239. The summed E-state index contributed by atoms with van der Waals surface area (Å²) >= 11 is 3.21. The Morgan fingerprint density at radius 2 is 2.22 bits per heavy atom. The maximum atomic E-state index is 12.9. The van der Waals surface area contributed by atoms with Crippen LogP contribution in [0, 0.1) is 0 Å². The molecule has 0 saturated heterocycles. The number of nitrogens with zero attached hydrogens (tertiary/aromatic N) is 2. The van der Waals surface area contributed by atoms with Gasteiger partial charge in [0.05, 0.1) is 17.4 Å². The fourth-order valence-electron chi connectivity index (χ4n) is 3.32. The van der Waals surface area contributed by atoms with Gasteiger partial charge in [-0.05, 0) is 37.0 Å². The van der Waals surface area contributed by atoms with Crippen molar-refractivity contribution in [2.75, 3.05) is 11.1 Å². The molecule has 0 bridgehead atoms. The molecule has 0 spiro atoms. The molecule has 7 heteroatoms. The molecule has 0 atom stereocenters. The van der Waals surface area contributed by atoms with Gasteiger partial charge in [0.2, 0.25) is 5.91 Å². The van der Waals surface area contributed by atoms with Crippen molar-refractivity contribution in [3.63, 3.8) is 0 Å². The molecule has 0 saturated carbocycles. The zero-order valence-corrected chi connectivity index (χ0v) is 16.4. The summed E-state index contributed by atoms with van der Waals surface area (Å²) in [5.41, 5.74) is 1.75. The number of benzene rings is 1. The molecule has 0 unspecified atom stereocenters. The molecule has 3 aromatic rings. The molecule has 1 N–H and O–H groups in total. The molecule has 2 heterocycles. The number of hydrogen-bond acceptors (Lipinski definition) is 5. The minimum absolute atomic E-state index is 0.0488. The van der Waals surface area contributed by atoms with Crippen molar-refractivity contribution in [1.82, 2.24) is 9.55 Å². The summed E-state index contributed by atoms with van der Waals surface area (Å²) in [4.78, 5) is 32.9. The Labute approximate surface area is 165 Å². The highest BCUT2D eigenvalue weighted by atomic mass is 32.2. The maximum absolute atomic E-state index is 12.9. The quantitative estimate of drug-likeness (QED) is 0.507. The first kappa shape index (κ1) is 18.0. The van der Waals surface area contributed by atoms with E-state index in [4.69, 9.17) is 0 Å². The molecule has 1 aromatic carbocycles. The Bertz CT molecular complexity index is 1080. The van der Waals surface area contributed by atoms with Crippen LogP contribution >= 0.6 is 23.1 Å². The van der Waals surface area contributed by atoms with Gasteiger partial charge in [0.15, 0.2) is 0 Å². The van der Waals surface area contributed by atoms with E-state index in [0.29, 0.717) is 5.39 Å². The van der Waals surface area contributed by atoms with E-state index in [9.17, 15) is 9.59 Å². The minimum Gasteiger partial charge on any atom is -0.324 e. The van der Waals surface area contributed by atoms with Crippen molar-refractivity contribution in [3.05, 3.63) is 64.0 Å². The second kappa shape index (κ2) is 7.70. The van der Waals surface area contributed by atoms with Crippen molar-refractivity contribution < 1.29 is 4.79 Å². The first-order valence-electron chi connectivity index (χ1n) is 8.79. The van der Waals surface area contributed by atoms with Gasteiger partial charge in [-0.3, -0.25) is 14.2 Å². The monoisotopic (exact) mass is 397 g/mol. The summed E-state index contributed by atoms with van der Waals surface area (Å²) in [5, 5.41) is 3.61. The highest BCUT2D eigenvalue weighted by Gasteiger charge is 2.21. The van der Waals surface area contributed by atoms with Crippen LogP contribution in [0.2, 0.25) is 0 Å². The number of fused-ring (bicyclic) bond motifs is 3. The summed E-state index contributed by atoms with van der Waals surface area (Å²) < 4.78 is 1.41. The maximum Gasteiger partial charge on any atom is 0.262 e. The number of para-hydroxylation sites is 1. The zero-order valence-electron chi connectivity index (χ0n) is 14.7. The van der Waals surface area contributed by atoms with E-state index in [-0.39, 0.29) is 18.0 Å². The molecule has 27 heavy (non-hydrogen) atoms. The molecular weight excluding hydrogens is 378 g/mol. The summed E-state index contributed by atoms with van der Waals surface area (Å²) in [6.07, 6.45) is 6.34. The summed E-state index contributed by atoms with van der Waals surface area (Å²) in [6, 6.07) is 7.63. The number of amides is 1. The lowest BCUT2D eigenvalue weighted by atomic mass is 10.2. The lowest BCUT2D eigenvalue weighted by Gasteiger charge is -2.11. The summed E-state index contributed by atoms with van der Waals surface area (Å²) in [7, 11) is 0. The van der Waals surface area contributed by atoms with Crippen LogP contribution in [-0.2, 0) is 24.2 Å². The third kappa shape index (κ3) is 3.57. The molecule has 0 radical (unpaired) electrons. The Kier molecular flexibility index (Phi) is 5.13. The van der Waals surface area contributed by atoms with Gasteiger partial charge in [0.1, 0.15) is 11.4 Å². The van der Waals surface area contributed by atoms with E-state index in [1.807, 2.05) is 30.3 Å². The average Bonchev–Trinajstić information content (AvgIpc) is 3.24. The fraction of sp³-hybridized carbons (Fsp3) is 0.250. The number of aryl methyl sites for hydroxylation is 2. The van der Waals surface area contributed by atoms with Crippen LogP contribution < -0.4 is 10.9 Å². The second-order valence-corrected chi connectivity index (χ2v) is 8.50. The standard InChI is InChI=1S/C20H19N3O2S2/c1-2-10-26-16-8-4-3-7-14(16)22-17(24)11-23-12-21-19-18(20(23)25)13-6-5-9-15(13)27-19/h2-4,7-8,12H,1,5-6,9-11H2,(H,22,24). The molecule has 4 rings (SSSR count). The van der Waals surface area contributed by atoms with E-state index in [1.165, 1.54) is 15.8 Å².